The molecule has 3 heterocycles. The smallest absolute Gasteiger partial charge is 0.467 e. The van der Waals surface area contributed by atoms with Crippen LogP contribution < -0.4 is 4.74 Å². The van der Waals surface area contributed by atoms with Crippen LogP contribution in [0.25, 0.3) is 10.2 Å². The van der Waals surface area contributed by atoms with Gasteiger partial charge in [0.25, 0.3) is 0 Å². The van der Waals surface area contributed by atoms with Crippen LogP contribution in [0.1, 0.15) is 130 Å². The van der Waals surface area contributed by atoms with Crippen LogP contribution in [-0.4, -0.2) is 110 Å². The molecule has 438 valence electrons. The number of nitro benzene ring substituents is 1. The Labute approximate surface area is 471 Å². The summed E-state index contributed by atoms with van der Waals surface area (Å²) in [6.07, 6.45) is -7.21. The number of nitrogens with zero attached hydrogens (tertiary/aromatic N) is 2. The highest BCUT2D eigenvalue weighted by molar-refractivity contribution is 7.18. The number of rotatable bonds is 15. The number of carbonyl (C=O) groups is 7. The number of allylic oxidation sites excluding steroid dienone is 2. The van der Waals surface area contributed by atoms with Crippen molar-refractivity contribution >= 4 is 77.3 Å². The zero-order valence-electron chi connectivity index (χ0n) is 48.1. The largest absolute Gasteiger partial charge is 0.508 e. The van der Waals surface area contributed by atoms with E-state index >= 15 is 4.79 Å². The minimum atomic E-state index is -2.53. The number of carbonyl (C=O) groups excluding carboxylic acids is 7. The fraction of sp³-hybridized carbons (Fsp3) is 0.579. The van der Waals surface area contributed by atoms with Crippen LogP contribution in [0.2, 0.25) is 18.1 Å². The van der Waals surface area contributed by atoms with Crippen molar-refractivity contribution in [1.29, 1.82) is 0 Å². The first-order valence-electron chi connectivity index (χ1n) is 26.4. The van der Waals surface area contributed by atoms with Crippen LogP contribution in [0.4, 0.5) is 10.5 Å². The second-order valence-electron chi connectivity index (χ2n) is 22.4. The molecule has 5 rings (SSSR count). The van der Waals surface area contributed by atoms with Gasteiger partial charge in [-0.15, -0.1) is 17.9 Å². The van der Waals surface area contributed by atoms with Gasteiger partial charge in [-0.3, -0.25) is 34.1 Å². The molecule has 2 aliphatic rings. The van der Waals surface area contributed by atoms with Crippen molar-refractivity contribution in [3.8, 4) is 5.75 Å². The van der Waals surface area contributed by atoms with Crippen molar-refractivity contribution < 1.29 is 85.5 Å². The third kappa shape index (κ3) is 16.5. The number of cyclic esters (lactones) is 1. The third-order valence-electron chi connectivity index (χ3n) is 14.7. The minimum absolute atomic E-state index is 0.0269. The van der Waals surface area contributed by atoms with Crippen molar-refractivity contribution in [1.82, 2.24) is 4.98 Å². The number of benzene rings is 2. The summed E-state index contributed by atoms with van der Waals surface area (Å²) in [6.45, 7) is 26.2. The summed E-state index contributed by atoms with van der Waals surface area (Å²) in [4.78, 5) is 110. The Hall–Kier alpha value is -6.56. The number of Topliss-reactive ketones (excluding diaryl/α,β-unsaturated/α-hetero) is 1. The quantitative estimate of drug-likeness (QED) is 0.0342. The van der Waals surface area contributed by atoms with Crippen LogP contribution >= 0.6 is 11.3 Å². The molecule has 21 nitrogen and oxygen atoms in total. The van der Waals surface area contributed by atoms with Gasteiger partial charge in [0.2, 0.25) is 12.4 Å². The van der Waals surface area contributed by atoms with Crippen LogP contribution in [0.3, 0.4) is 0 Å². The molecule has 0 unspecified atom stereocenters. The van der Waals surface area contributed by atoms with Crippen LogP contribution in [0.15, 0.2) is 60.7 Å². The van der Waals surface area contributed by atoms with E-state index < -0.39 is 134 Å². The van der Waals surface area contributed by atoms with Gasteiger partial charge in [-0.25, -0.2) is 14.6 Å². The highest BCUT2D eigenvalue weighted by Gasteiger charge is 2.56. The molecule has 0 amide bonds. The van der Waals surface area contributed by atoms with E-state index in [0.717, 1.165) is 80.1 Å². The number of thiazole rings is 1. The van der Waals surface area contributed by atoms with Crippen molar-refractivity contribution in [2.45, 2.75) is 188 Å². The lowest BCUT2D eigenvalue weighted by Crippen LogP contribution is -2.64. The molecule has 0 N–H and O–H groups in total. The van der Waals surface area contributed by atoms with Gasteiger partial charge >= 0.3 is 41.7 Å². The molecule has 1 saturated heterocycles. The van der Waals surface area contributed by atoms with Gasteiger partial charge in [-0.2, -0.15) is 0 Å². The Bertz CT molecular complexity index is 2820. The summed E-state index contributed by atoms with van der Waals surface area (Å²) in [6, 6.07) is 9.09. The predicted molar refractivity (Wildman–Crippen MR) is 294 cm³/mol. The van der Waals surface area contributed by atoms with Gasteiger partial charge in [0.1, 0.15) is 24.6 Å². The molecular weight excluding hydrogens is 1080 g/mol. The van der Waals surface area contributed by atoms with Gasteiger partial charge in [-0.1, -0.05) is 57.6 Å². The summed E-state index contributed by atoms with van der Waals surface area (Å²) in [5, 5.41) is 13.3. The molecule has 80 heavy (non-hydrogen) atoms. The highest BCUT2D eigenvalue weighted by Crippen LogP contribution is 2.44. The Morgan fingerprint density at radius 3 is 2.20 bits per heavy atom. The summed E-state index contributed by atoms with van der Waals surface area (Å²) < 4.78 is 58.5. The summed E-state index contributed by atoms with van der Waals surface area (Å²) >= 11 is 1.54. The second-order valence-corrected chi connectivity index (χ2v) is 28.3. The van der Waals surface area contributed by atoms with E-state index in [9.17, 15) is 38.9 Å². The van der Waals surface area contributed by atoms with Gasteiger partial charge in [0, 0.05) is 39.2 Å². The number of nitro groups is 1. The Kier molecular flexibility index (Phi) is 21.9. The maximum Gasteiger partial charge on any atom is 0.508 e. The van der Waals surface area contributed by atoms with Crippen LogP contribution in [-0.2, 0) is 77.7 Å². The number of ether oxygens (including phenoxy) is 9. The topological polar surface area (TPSA) is 268 Å². The molecular formula is C57H76N2O19SSi. The molecule has 2 aliphatic heterocycles. The predicted octanol–water partition coefficient (Wildman–Crippen LogP) is 10.6. The average molecular weight is 1150 g/mol. The second kappa shape index (κ2) is 27.3. The van der Waals surface area contributed by atoms with E-state index in [1.165, 1.54) is 17.4 Å². The van der Waals surface area contributed by atoms with Crippen LogP contribution in [0.5, 0.6) is 5.75 Å². The molecule has 0 spiro atoms. The van der Waals surface area contributed by atoms with E-state index in [4.69, 9.17) is 47.1 Å². The van der Waals surface area contributed by atoms with E-state index in [-0.39, 0.29) is 28.7 Å². The molecule has 0 saturated carbocycles. The number of hydrogen-bond donors (Lipinski definition) is 0. The zero-order chi connectivity index (χ0) is 59.6. The highest BCUT2D eigenvalue weighted by atomic mass is 32.1. The number of hydrogen-bond acceptors (Lipinski definition) is 21. The first-order valence-corrected chi connectivity index (χ1v) is 30.2. The number of ketones is 1. The lowest BCUT2D eigenvalue weighted by atomic mass is 9.71. The Morgan fingerprint density at radius 2 is 1.59 bits per heavy atom. The number of fused-ring (bicyclic) bond motifs is 1. The van der Waals surface area contributed by atoms with Gasteiger partial charge < -0.3 is 47.1 Å². The number of methoxy groups -OCH3 is 1. The molecule has 0 bridgehead atoms. The summed E-state index contributed by atoms with van der Waals surface area (Å²) in [5.41, 5.74) is 0.239. The Balaban J connectivity index is 1.50. The summed E-state index contributed by atoms with van der Waals surface area (Å²) in [7, 11) is -1.54. The van der Waals surface area contributed by atoms with E-state index in [1.54, 1.807) is 19.9 Å². The standard InChI is InChI=1S/C57H76N2O19SSi/c1-16-18-39-47(78-80(14,15)56(8,9)10)32(3)20-17-19-31(2)21-24-42(38-23-26-44-40(28-38)58-33(4)79-44)74-46(63)29-45(57(11,12)52(39)64)76-55(66)70-30-37-22-25-43(41(27-37)59(67)68)75-54-51(73-36(7)62)49(72-35(6)61)48(71-34(5)60)50(77-54)53(65)69-13/h16,21-23,25-28,32,39,42,45,47-51,54H,1,17-20,24,29-30H2,2-15H3/t32-,39+,42-,45-,47-,48-,49-,50-,51+,54+/m0/s1. The Morgan fingerprint density at radius 1 is 0.938 bits per heavy atom. The van der Waals surface area contributed by atoms with Gasteiger partial charge in [-0.05, 0) is 107 Å². The number of aromatic nitrogens is 1. The van der Waals surface area contributed by atoms with E-state index in [1.807, 2.05) is 32.0 Å². The molecule has 3 aromatic rings. The number of aryl methyl sites for hydroxylation is 1. The first kappa shape index (κ1) is 64.3. The zero-order valence-corrected chi connectivity index (χ0v) is 49.9. The molecule has 0 radical (unpaired) electrons. The average Bonchev–Trinajstić information content (AvgIpc) is 3.90. The first-order chi connectivity index (χ1) is 37.4. The van der Waals surface area contributed by atoms with E-state index in [0.29, 0.717) is 12.0 Å². The monoisotopic (exact) mass is 1150 g/mol. The normalized spacial score (nSPS) is 25.2. The van der Waals surface area contributed by atoms with E-state index in [2.05, 4.69) is 58.4 Å². The minimum Gasteiger partial charge on any atom is -0.467 e. The van der Waals surface area contributed by atoms with Crippen molar-refractivity contribution in [3.63, 3.8) is 0 Å². The third-order valence-corrected chi connectivity index (χ3v) is 20.1. The van der Waals surface area contributed by atoms with Crippen molar-refractivity contribution in [3.05, 3.63) is 87.0 Å². The molecule has 23 heteroatoms. The molecule has 0 aliphatic carbocycles. The van der Waals surface area contributed by atoms with Gasteiger partial charge in [0.15, 0.2) is 32.4 Å². The lowest BCUT2D eigenvalue weighted by molar-refractivity contribution is -0.387. The lowest BCUT2D eigenvalue weighted by Gasteiger charge is -2.45. The van der Waals surface area contributed by atoms with Crippen molar-refractivity contribution in [2.24, 2.45) is 17.3 Å². The molecule has 10 atom stereocenters. The maximum absolute atomic E-state index is 15.4. The molecule has 2 aromatic carbocycles. The fourth-order valence-corrected chi connectivity index (χ4v) is 11.6. The molecule has 1 fully saturated rings. The summed E-state index contributed by atoms with van der Waals surface area (Å²) in [5.74, 6) is -6.50. The van der Waals surface area contributed by atoms with Gasteiger partial charge in [0.05, 0.1) is 45.2 Å². The number of esters is 5. The maximum atomic E-state index is 15.4. The molecule has 1 aromatic heterocycles. The van der Waals surface area contributed by atoms with Crippen LogP contribution in [0, 0.1) is 34.3 Å². The SMILES string of the molecule is C=CC[C@H]1C(=O)C(C)(C)[C@@H](OC(=O)OCc2ccc(O[C@@H]3O[C@H](C(=O)OC)[C@@H](OC(C)=O)[C@H](OC(C)=O)[C@H]3OC(C)=O)c([N+](=O)[O-])c2)CC(=O)O[C@H](c2ccc3sc(C)nc3c2)CC=C(C)CCC[C@H](C)[C@@H]1O[Si](C)(C)C(C)(C)C. The van der Waals surface area contributed by atoms with Crippen molar-refractivity contribution in [2.75, 3.05) is 7.11 Å². The fourth-order valence-electron chi connectivity index (χ4n) is 9.40.